The Morgan fingerprint density at radius 2 is 1.92 bits per heavy atom. The molecule has 1 aliphatic carbocycles. The van der Waals surface area contributed by atoms with E-state index in [9.17, 15) is 4.79 Å². The van der Waals surface area contributed by atoms with Crippen LogP contribution in [-0.4, -0.2) is 49.7 Å². The molecule has 4 rings (SSSR count). The van der Waals surface area contributed by atoms with Crippen molar-refractivity contribution in [1.82, 2.24) is 10.2 Å². The van der Waals surface area contributed by atoms with Gasteiger partial charge in [-0.1, -0.05) is 0 Å². The second-order valence-electron chi connectivity index (χ2n) is 6.90. The molecule has 0 radical (unpaired) electrons. The summed E-state index contributed by atoms with van der Waals surface area (Å²) in [6.07, 6.45) is 4.82. The average molecular weight is 395 g/mol. The average Bonchev–Trinajstić information content (AvgIpc) is 3.44. The predicted molar refractivity (Wildman–Crippen MR) is 94.8 cm³/mol. The molecule has 2 fully saturated rings. The van der Waals surface area contributed by atoms with Crippen LogP contribution in [0, 0.1) is 5.92 Å². The van der Waals surface area contributed by atoms with Crippen LogP contribution in [0.1, 0.15) is 36.0 Å². The van der Waals surface area contributed by atoms with E-state index in [0.29, 0.717) is 36.3 Å². The summed E-state index contributed by atoms with van der Waals surface area (Å²) in [5, 5.41) is 3.65. The lowest BCUT2D eigenvalue weighted by molar-refractivity contribution is 0.0703. The Kier molecular flexibility index (Phi) is 4.68. The minimum Gasteiger partial charge on any atom is -0.486 e. The topological polar surface area (TPSA) is 50.8 Å². The Balaban J connectivity index is 1.38. The number of rotatable bonds is 4. The molecule has 0 aromatic heterocycles. The third-order valence-corrected chi connectivity index (χ3v) is 5.61. The van der Waals surface area contributed by atoms with Crippen molar-refractivity contribution in [2.24, 2.45) is 5.92 Å². The molecule has 24 heavy (non-hydrogen) atoms. The summed E-state index contributed by atoms with van der Waals surface area (Å²) in [5.74, 6) is 2.33. The van der Waals surface area contributed by atoms with E-state index < -0.39 is 0 Å². The summed E-state index contributed by atoms with van der Waals surface area (Å²) in [6.45, 7) is 3.84. The van der Waals surface area contributed by atoms with Gasteiger partial charge in [0.25, 0.3) is 5.91 Å². The number of nitrogens with one attached hydrogen (secondary N) is 1. The van der Waals surface area contributed by atoms with Gasteiger partial charge in [0.15, 0.2) is 11.5 Å². The Labute approximate surface area is 150 Å². The summed E-state index contributed by atoms with van der Waals surface area (Å²) >= 11 is 3.49. The first-order chi connectivity index (χ1) is 11.7. The van der Waals surface area contributed by atoms with Crippen molar-refractivity contribution in [3.05, 3.63) is 22.2 Å². The molecule has 1 N–H and O–H groups in total. The Morgan fingerprint density at radius 1 is 1.17 bits per heavy atom. The number of carbonyl (C=O) groups excluding carboxylic acids is 1. The van der Waals surface area contributed by atoms with Gasteiger partial charge in [0.2, 0.25) is 0 Å². The van der Waals surface area contributed by atoms with Crippen molar-refractivity contribution < 1.29 is 14.3 Å². The van der Waals surface area contributed by atoms with Gasteiger partial charge in [0, 0.05) is 24.7 Å². The largest absolute Gasteiger partial charge is 0.486 e. The molecule has 2 aliphatic heterocycles. The van der Waals surface area contributed by atoms with E-state index >= 15 is 0 Å². The summed E-state index contributed by atoms with van der Waals surface area (Å²) in [4.78, 5) is 14.8. The highest BCUT2D eigenvalue weighted by Crippen LogP contribution is 2.39. The highest BCUT2D eigenvalue weighted by Gasteiger charge is 2.27. The minimum absolute atomic E-state index is 0.0771. The number of likely N-dealkylation sites (tertiary alicyclic amines) is 1. The Morgan fingerprint density at radius 3 is 2.67 bits per heavy atom. The molecule has 0 atom stereocenters. The van der Waals surface area contributed by atoms with Crippen LogP contribution in [0.3, 0.4) is 0 Å². The number of ether oxygens (including phenoxy) is 2. The molecular formula is C18H23BrN2O3. The zero-order chi connectivity index (χ0) is 16.5. The normalized spacial score (nSPS) is 21.0. The van der Waals surface area contributed by atoms with E-state index in [1.165, 1.54) is 12.8 Å². The molecule has 3 aliphatic rings. The fourth-order valence-corrected chi connectivity index (χ4v) is 3.92. The van der Waals surface area contributed by atoms with Gasteiger partial charge in [-0.05, 0) is 66.2 Å². The number of nitrogens with zero attached hydrogens (tertiary/aromatic N) is 1. The van der Waals surface area contributed by atoms with Crippen LogP contribution in [-0.2, 0) is 0 Å². The molecule has 1 aromatic rings. The monoisotopic (exact) mass is 394 g/mol. The number of piperidine rings is 1. The summed E-state index contributed by atoms with van der Waals surface area (Å²) < 4.78 is 12.0. The fourth-order valence-electron chi connectivity index (χ4n) is 3.36. The van der Waals surface area contributed by atoms with Gasteiger partial charge in [0.1, 0.15) is 13.2 Å². The lowest BCUT2D eigenvalue weighted by Gasteiger charge is -2.33. The van der Waals surface area contributed by atoms with Gasteiger partial charge in [-0.15, -0.1) is 0 Å². The van der Waals surface area contributed by atoms with E-state index in [2.05, 4.69) is 21.2 Å². The van der Waals surface area contributed by atoms with Crippen molar-refractivity contribution in [2.75, 3.05) is 32.8 Å². The van der Waals surface area contributed by atoms with Gasteiger partial charge < -0.3 is 19.7 Å². The third-order valence-electron chi connectivity index (χ3n) is 5.02. The summed E-state index contributed by atoms with van der Waals surface area (Å²) in [6, 6.07) is 4.20. The van der Waals surface area contributed by atoms with Gasteiger partial charge >= 0.3 is 0 Å². The summed E-state index contributed by atoms with van der Waals surface area (Å²) in [7, 11) is 0. The first-order valence-corrected chi connectivity index (χ1v) is 9.62. The number of amides is 1. The first kappa shape index (κ1) is 16.2. The van der Waals surface area contributed by atoms with Crippen LogP contribution < -0.4 is 14.8 Å². The quantitative estimate of drug-likeness (QED) is 0.852. The maximum Gasteiger partial charge on any atom is 0.254 e. The molecule has 2 heterocycles. The number of halogens is 1. The molecule has 0 bridgehead atoms. The SMILES string of the molecule is O=C(c1cc(Br)c2c(c1)OCCO2)N1CCC(NCC2CC2)CC1. The highest BCUT2D eigenvalue weighted by molar-refractivity contribution is 9.10. The van der Waals surface area contributed by atoms with E-state index in [1.807, 2.05) is 11.0 Å². The minimum atomic E-state index is 0.0771. The third kappa shape index (κ3) is 3.54. The number of hydrogen-bond donors (Lipinski definition) is 1. The second kappa shape index (κ2) is 6.92. The molecular weight excluding hydrogens is 372 g/mol. The lowest BCUT2D eigenvalue weighted by atomic mass is 10.0. The van der Waals surface area contributed by atoms with Gasteiger partial charge in [-0.25, -0.2) is 0 Å². The first-order valence-electron chi connectivity index (χ1n) is 8.82. The van der Waals surface area contributed by atoms with Crippen molar-refractivity contribution in [3.63, 3.8) is 0 Å². The van der Waals surface area contributed by atoms with Crippen molar-refractivity contribution >= 4 is 21.8 Å². The van der Waals surface area contributed by atoms with Crippen molar-refractivity contribution in [3.8, 4) is 11.5 Å². The maximum atomic E-state index is 12.8. The van der Waals surface area contributed by atoms with Crippen LogP contribution in [0.25, 0.3) is 0 Å². The Hall–Kier alpha value is -1.27. The predicted octanol–water partition coefficient (Wildman–Crippen LogP) is 2.82. The number of carbonyl (C=O) groups is 1. The van der Waals surface area contributed by atoms with Crippen LogP contribution >= 0.6 is 15.9 Å². The number of hydrogen-bond acceptors (Lipinski definition) is 4. The zero-order valence-corrected chi connectivity index (χ0v) is 15.3. The smallest absolute Gasteiger partial charge is 0.254 e. The van der Waals surface area contributed by atoms with Crippen LogP contribution in [0.2, 0.25) is 0 Å². The van der Waals surface area contributed by atoms with Crippen LogP contribution in [0.4, 0.5) is 0 Å². The molecule has 1 saturated carbocycles. The van der Waals surface area contributed by atoms with Crippen molar-refractivity contribution in [1.29, 1.82) is 0 Å². The molecule has 0 spiro atoms. The lowest BCUT2D eigenvalue weighted by Crippen LogP contribution is -2.45. The van der Waals surface area contributed by atoms with E-state index in [1.54, 1.807) is 6.07 Å². The van der Waals surface area contributed by atoms with Gasteiger partial charge in [-0.3, -0.25) is 4.79 Å². The molecule has 6 heteroatoms. The molecule has 0 unspecified atom stereocenters. The fraction of sp³-hybridized carbons (Fsp3) is 0.611. The Bertz CT molecular complexity index is 625. The number of benzene rings is 1. The van der Waals surface area contributed by atoms with Crippen molar-refractivity contribution in [2.45, 2.75) is 31.7 Å². The second-order valence-corrected chi connectivity index (χ2v) is 7.75. The standard InChI is InChI=1S/C18H23BrN2O3/c19-15-9-13(10-16-17(15)24-8-7-23-16)18(22)21-5-3-14(4-6-21)20-11-12-1-2-12/h9-10,12,14,20H,1-8,11H2. The molecule has 1 amide bonds. The van der Waals surface area contributed by atoms with Crippen LogP contribution in [0.15, 0.2) is 16.6 Å². The van der Waals surface area contributed by atoms with Gasteiger partial charge in [0.05, 0.1) is 4.47 Å². The molecule has 1 saturated heterocycles. The number of fused-ring (bicyclic) bond motifs is 1. The van der Waals surface area contributed by atoms with E-state index in [-0.39, 0.29) is 5.91 Å². The zero-order valence-electron chi connectivity index (χ0n) is 13.7. The highest BCUT2D eigenvalue weighted by atomic mass is 79.9. The van der Waals surface area contributed by atoms with E-state index in [0.717, 1.165) is 42.9 Å². The summed E-state index contributed by atoms with van der Waals surface area (Å²) in [5.41, 5.74) is 0.663. The molecule has 1 aromatic carbocycles. The molecule has 130 valence electrons. The van der Waals surface area contributed by atoms with E-state index in [4.69, 9.17) is 9.47 Å². The van der Waals surface area contributed by atoms with Gasteiger partial charge in [-0.2, -0.15) is 0 Å². The maximum absolute atomic E-state index is 12.8. The van der Waals surface area contributed by atoms with Crippen LogP contribution in [0.5, 0.6) is 11.5 Å². The molecule has 5 nitrogen and oxygen atoms in total.